The molecule has 126 valence electrons. The fourth-order valence-electron chi connectivity index (χ4n) is 2.64. The lowest BCUT2D eigenvalue weighted by atomic mass is 10.1. The molecule has 7 nitrogen and oxygen atoms in total. The van der Waals surface area contributed by atoms with Crippen LogP contribution in [0.4, 0.5) is 0 Å². The van der Waals surface area contributed by atoms with Crippen molar-refractivity contribution >= 4 is 10.9 Å². The second kappa shape index (κ2) is 6.84. The van der Waals surface area contributed by atoms with Crippen LogP contribution in [0.25, 0.3) is 10.9 Å². The summed E-state index contributed by atoms with van der Waals surface area (Å²) in [5.74, 6) is 1.66. The fourth-order valence-corrected chi connectivity index (χ4v) is 2.64. The summed E-state index contributed by atoms with van der Waals surface area (Å²) < 4.78 is 7.40. The molecule has 2 heterocycles. The van der Waals surface area contributed by atoms with Crippen molar-refractivity contribution in [1.82, 2.24) is 24.6 Å². The predicted octanol–water partition coefficient (Wildman–Crippen LogP) is 1.69. The quantitative estimate of drug-likeness (QED) is 0.745. The van der Waals surface area contributed by atoms with E-state index in [2.05, 4.69) is 15.2 Å². The zero-order chi connectivity index (χ0) is 17.1. The van der Waals surface area contributed by atoms with Gasteiger partial charge in [-0.05, 0) is 38.2 Å². The number of fused-ring (bicyclic) bond motifs is 1. The van der Waals surface area contributed by atoms with Gasteiger partial charge in [0.2, 0.25) is 0 Å². The monoisotopic (exact) mass is 327 g/mol. The summed E-state index contributed by atoms with van der Waals surface area (Å²) in [4.78, 5) is 17.3. The molecule has 3 rings (SSSR count). The molecule has 3 aromatic rings. The van der Waals surface area contributed by atoms with Gasteiger partial charge >= 0.3 is 0 Å². The molecule has 1 N–H and O–H groups in total. The van der Waals surface area contributed by atoms with Crippen molar-refractivity contribution in [3.8, 4) is 5.75 Å². The fraction of sp³-hybridized carbons (Fsp3) is 0.353. The van der Waals surface area contributed by atoms with Gasteiger partial charge in [-0.1, -0.05) is 0 Å². The summed E-state index contributed by atoms with van der Waals surface area (Å²) in [6, 6.07) is 7.60. The summed E-state index contributed by atoms with van der Waals surface area (Å²) >= 11 is 0. The topological polar surface area (TPSA) is 76.0 Å². The lowest BCUT2D eigenvalue weighted by molar-refractivity contribution is 0.305. The highest BCUT2D eigenvalue weighted by atomic mass is 16.5. The van der Waals surface area contributed by atoms with Gasteiger partial charge in [0.15, 0.2) is 0 Å². The molecule has 0 amide bonds. The molecule has 0 bridgehead atoms. The Bertz CT molecular complexity index is 899. The van der Waals surface area contributed by atoms with E-state index in [0.717, 1.165) is 22.5 Å². The molecule has 0 saturated carbocycles. The van der Waals surface area contributed by atoms with Gasteiger partial charge < -0.3 is 14.3 Å². The number of H-pyrrole nitrogens is 1. The zero-order valence-electron chi connectivity index (χ0n) is 14.1. The molecule has 0 aliphatic carbocycles. The van der Waals surface area contributed by atoms with Crippen LogP contribution in [0.5, 0.6) is 5.75 Å². The van der Waals surface area contributed by atoms with E-state index in [1.54, 1.807) is 6.33 Å². The number of hydrogen-bond acceptors (Lipinski definition) is 5. The Kier molecular flexibility index (Phi) is 4.61. The largest absolute Gasteiger partial charge is 0.494 e. The summed E-state index contributed by atoms with van der Waals surface area (Å²) in [5.41, 5.74) is 1.44. The molecule has 24 heavy (non-hydrogen) atoms. The van der Waals surface area contributed by atoms with Crippen molar-refractivity contribution in [3.63, 3.8) is 0 Å². The molecular formula is C17H21N5O2. The second-order valence-electron chi connectivity index (χ2n) is 5.84. The van der Waals surface area contributed by atoms with E-state index < -0.39 is 0 Å². The number of rotatable bonds is 6. The minimum atomic E-state index is -0.0727. The minimum absolute atomic E-state index is 0.0727. The Balaban J connectivity index is 1.84. The maximum atomic E-state index is 12.3. The first-order chi connectivity index (χ1) is 11.6. The summed E-state index contributed by atoms with van der Waals surface area (Å²) in [6.07, 6.45) is 1.67. The third kappa shape index (κ3) is 3.46. The Morgan fingerprint density at radius 3 is 2.83 bits per heavy atom. The number of pyridine rings is 1. The highest BCUT2D eigenvalue weighted by Crippen LogP contribution is 2.19. The Hall–Kier alpha value is -2.67. The van der Waals surface area contributed by atoms with Crippen LogP contribution in [-0.4, -0.2) is 38.3 Å². The Morgan fingerprint density at radius 1 is 1.29 bits per heavy atom. The highest BCUT2D eigenvalue weighted by Gasteiger charge is 2.10. The molecule has 0 spiro atoms. The van der Waals surface area contributed by atoms with Gasteiger partial charge in [0, 0.05) is 30.1 Å². The Morgan fingerprint density at radius 2 is 2.12 bits per heavy atom. The number of benzene rings is 1. The highest BCUT2D eigenvalue weighted by molar-refractivity contribution is 5.80. The molecule has 0 fully saturated rings. The van der Waals surface area contributed by atoms with Crippen molar-refractivity contribution in [2.24, 2.45) is 7.05 Å². The van der Waals surface area contributed by atoms with Crippen molar-refractivity contribution in [3.05, 3.63) is 52.3 Å². The van der Waals surface area contributed by atoms with Gasteiger partial charge in [-0.15, -0.1) is 10.2 Å². The molecule has 1 aromatic carbocycles. The van der Waals surface area contributed by atoms with Crippen molar-refractivity contribution < 1.29 is 4.74 Å². The molecular weight excluding hydrogens is 306 g/mol. The molecule has 0 radical (unpaired) electrons. The first kappa shape index (κ1) is 16.2. The van der Waals surface area contributed by atoms with E-state index in [4.69, 9.17) is 4.74 Å². The lowest BCUT2D eigenvalue weighted by Gasteiger charge is -2.16. The first-order valence-electron chi connectivity index (χ1n) is 7.87. The third-order valence-corrected chi connectivity index (χ3v) is 3.86. The van der Waals surface area contributed by atoms with Crippen LogP contribution in [0, 0.1) is 0 Å². The van der Waals surface area contributed by atoms with E-state index in [9.17, 15) is 4.79 Å². The van der Waals surface area contributed by atoms with E-state index >= 15 is 0 Å². The van der Waals surface area contributed by atoms with Crippen LogP contribution < -0.4 is 10.3 Å². The summed E-state index contributed by atoms with van der Waals surface area (Å²) in [6.45, 7) is 3.70. The van der Waals surface area contributed by atoms with E-state index in [1.165, 1.54) is 0 Å². The molecule has 0 aliphatic heterocycles. The van der Waals surface area contributed by atoms with Gasteiger partial charge in [-0.3, -0.25) is 9.69 Å². The average molecular weight is 327 g/mol. The number of aromatic nitrogens is 4. The summed E-state index contributed by atoms with van der Waals surface area (Å²) in [5, 5.41) is 8.90. The number of aryl methyl sites for hydroxylation is 1. The van der Waals surface area contributed by atoms with Crippen molar-refractivity contribution in [1.29, 1.82) is 0 Å². The zero-order valence-corrected chi connectivity index (χ0v) is 14.1. The van der Waals surface area contributed by atoms with Crippen LogP contribution in [0.15, 0.2) is 35.4 Å². The number of nitrogens with one attached hydrogen (secondary N) is 1. The second-order valence-corrected chi connectivity index (χ2v) is 5.84. The van der Waals surface area contributed by atoms with Crippen molar-refractivity contribution in [2.45, 2.75) is 20.0 Å². The molecule has 2 aromatic heterocycles. The Labute approximate surface area is 139 Å². The minimum Gasteiger partial charge on any atom is -0.494 e. The number of ether oxygens (including phenoxy) is 1. The molecule has 0 unspecified atom stereocenters. The number of hydrogen-bond donors (Lipinski definition) is 1. The third-order valence-electron chi connectivity index (χ3n) is 3.86. The molecule has 0 saturated heterocycles. The normalized spacial score (nSPS) is 11.3. The molecule has 0 aliphatic rings. The van der Waals surface area contributed by atoms with Crippen LogP contribution >= 0.6 is 0 Å². The van der Waals surface area contributed by atoms with Gasteiger partial charge in [-0.2, -0.15) is 0 Å². The summed E-state index contributed by atoms with van der Waals surface area (Å²) in [7, 11) is 3.86. The van der Waals surface area contributed by atoms with Crippen LogP contribution in [0.3, 0.4) is 0 Å². The number of aromatic amines is 1. The standard InChI is InChI=1S/C17H21N5O2/c1-4-24-14-5-6-15-12(8-14)7-13(17(23)19-15)9-21(2)10-16-20-18-11-22(16)3/h5-8,11H,4,9-10H2,1-3H3,(H,19,23). The van der Waals surface area contributed by atoms with Crippen LogP contribution in [0.2, 0.25) is 0 Å². The smallest absolute Gasteiger partial charge is 0.252 e. The van der Waals surface area contributed by atoms with Gasteiger partial charge in [0.05, 0.1) is 13.2 Å². The van der Waals surface area contributed by atoms with Crippen LogP contribution in [0.1, 0.15) is 18.3 Å². The van der Waals surface area contributed by atoms with E-state index in [0.29, 0.717) is 25.3 Å². The lowest BCUT2D eigenvalue weighted by Crippen LogP contribution is -2.24. The van der Waals surface area contributed by atoms with E-state index in [-0.39, 0.29) is 5.56 Å². The average Bonchev–Trinajstić information content (AvgIpc) is 2.94. The molecule has 0 atom stereocenters. The first-order valence-corrected chi connectivity index (χ1v) is 7.87. The van der Waals surface area contributed by atoms with E-state index in [1.807, 2.05) is 54.8 Å². The SMILES string of the molecule is CCOc1ccc2[nH]c(=O)c(CN(C)Cc3nncn3C)cc2c1. The predicted molar refractivity (Wildman–Crippen MR) is 91.9 cm³/mol. The van der Waals surface area contributed by atoms with Gasteiger partial charge in [-0.25, -0.2) is 0 Å². The molecule has 7 heteroatoms. The van der Waals surface area contributed by atoms with Gasteiger partial charge in [0.25, 0.3) is 5.56 Å². The van der Waals surface area contributed by atoms with Crippen molar-refractivity contribution in [2.75, 3.05) is 13.7 Å². The number of nitrogens with zero attached hydrogens (tertiary/aromatic N) is 4. The van der Waals surface area contributed by atoms with Gasteiger partial charge in [0.1, 0.15) is 17.9 Å². The maximum absolute atomic E-state index is 12.3. The van der Waals surface area contributed by atoms with Crippen LogP contribution in [-0.2, 0) is 20.1 Å². The maximum Gasteiger partial charge on any atom is 0.252 e.